The third kappa shape index (κ3) is 13.5. The van der Waals surface area contributed by atoms with Crippen molar-refractivity contribution in [3.05, 3.63) is 0 Å². The summed E-state index contributed by atoms with van der Waals surface area (Å²) >= 11 is 0. The van der Waals surface area contributed by atoms with Crippen molar-refractivity contribution in [2.75, 3.05) is 19.8 Å². The molecule has 0 aliphatic carbocycles. The van der Waals surface area contributed by atoms with Gasteiger partial charge in [-0.1, -0.05) is 20.8 Å². The van der Waals surface area contributed by atoms with Gasteiger partial charge in [-0.3, -0.25) is 0 Å². The van der Waals surface area contributed by atoms with Crippen molar-refractivity contribution in [2.24, 2.45) is 40.9 Å². The molecule has 0 spiro atoms. The van der Waals surface area contributed by atoms with E-state index in [4.69, 9.17) is 31.4 Å². The molecule has 3 unspecified atom stereocenters. The summed E-state index contributed by atoms with van der Waals surface area (Å²) in [5, 5.41) is 0. The first-order chi connectivity index (χ1) is 15.7. The monoisotopic (exact) mass is 516 g/mol. The first-order valence-corrected chi connectivity index (χ1v) is 14.0. The third-order valence-corrected chi connectivity index (χ3v) is 8.42. The lowest BCUT2D eigenvalue weighted by Crippen LogP contribution is -2.48. The Bertz CT molecular complexity index is 601. The van der Waals surface area contributed by atoms with Crippen molar-refractivity contribution < 1.29 is 14.2 Å². The fraction of sp³-hybridized carbons (Fsp3) is 1.00. The highest BCUT2D eigenvalue weighted by molar-refractivity contribution is 4.92. The van der Waals surface area contributed by atoms with Crippen molar-refractivity contribution in [2.45, 2.75) is 150 Å². The van der Waals surface area contributed by atoms with Gasteiger partial charge in [0, 0.05) is 16.6 Å². The van der Waals surface area contributed by atoms with Crippen LogP contribution in [0.25, 0.3) is 0 Å². The van der Waals surface area contributed by atoms with Gasteiger partial charge in [-0.25, -0.2) is 0 Å². The molecular formula is C30H65N3O3. The molecule has 0 saturated carbocycles. The summed E-state index contributed by atoms with van der Waals surface area (Å²) in [7, 11) is 0. The Hall–Kier alpha value is -0.240. The molecule has 0 rings (SSSR count). The second kappa shape index (κ2) is 12.7. The molecule has 36 heavy (non-hydrogen) atoms. The Kier molecular flexibility index (Phi) is 12.7. The Morgan fingerprint density at radius 2 is 0.722 bits per heavy atom. The van der Waals surface area contributed by atoms with Crippen LogP contribution in [0.1, 0.15) is 117 Å². The van der Waals surface area contributed by atoms with Crippen LogP contribution >= 0.6 is 0 Å². The Labute approximate surface area is 225 Å². The fourth-order valence-electron chi connectivity index (χ4n) is 3.67. The average molecular weight is 516 g/mol. The van der Waals surface area contributed by atoms with Crippen LogP contribution in [0, 0.1) is 23.7 Å². The minimum atomic E-state index is -0.391. The molecule has 0 aliphatic rings. The summed E-state index contributed by atoms with van der Waals surface area (Å²) in [4.78, 5) is 0. The Balaban J connectivity index is 5.71. The highest BCUT2D eigenvalue weighted by atomic mass is 16.5. The van der Waals surface area contributed by atoms with Gasteiger partial charge in [-0.15, -0.1) is 0 Å². The maximum Gasteiger partial charge on any atom is 0.0656 e. The molecule has 0 bridgehead atoms. The summed E-state index contributed by atoms with van der Waals surface area (Å²) in [6.45, 7) is 33.7. The summed E-state index contributed by atoms with van der Waals surface area (Å²) < 4.78 is 19.5. The Morgan fingerprint density at radius 1 is 0.472 bits per heavy atom. The molecule has 0 aliphatic heterocycles. The lowest BCUT2D eigenvalue weighted by molar-refractivity contribution is -0.138. The molecule has 0 radical (unpaired) electrons. The topological polar surface area (TPSA) is 106 Å². The molecule has 6 N–H and O–H groups in total. The molecule has 6 nitrogen and oxygen atoms in total. The molecule has 6 heteroatoms. The first-order valence-electron chi connectivity index (χ1n) is 14.0. The molecule has 0 aromatic carbocycles. The first kappa shape index (κ1) is 35.8. The molecule has 0 amide bonds. The highest BCUT2D eigenvalue weighted by Gasteiger charge is 2.41. The zero-order chi connectivity index (χ0) is 29.0. The smallest absolute Gasteiger partial charge is 0.0656 e. The van der Waals surface area contributed by atoms with E-state index in [2.05, 4.69) is 104 Å². The van der Waals surface area contributed by atoms with Crippen molar-refractivity contribution in [1.82, 2.24) is 0 Å². The number of rotatable bonds is 17. The van der Waals surface area contributed by atoms with Crippen LogP contribution < -0.4 is 17.2 Å². The minimum absolute atomic E-state index is 0.193. The van der Waals surface area contributed by atoms with Crippen molar-refractivity contribution >= 4 is 0 Å². The molecule has 0 saturated heterocycles. The quantitative estimate of drug-likeness (QED) is 0.223. The van der Waals surface area contributed by atoms with Gasteiger partial charge in [0.05, 0.1) is 36.6 Å². The van der Waals surface area contributed by atoms with E-state index in [9.17, 15) is 0 Å². The van der Waals surface area contributed by atoms with Gasteiger partial charge in [-0.2, -0.15) is 0 Å². The van der Waals surface area contributed by atoms with E-state index >= 15 is 0 Å². The van der Waals surface area contributed by atoms with Crippen molar-refractivity contribution in [3.63, 3.8) is 0 Å². The molecule has 0 fully saturated rings. The lowest BCUT2D eigenvalue weighted by atomic mass is 9.76. The normalized spacial score (nSPS) is 18.2. The van der Waals surface area contributed by atoms with Gasteiger partial charge in [0.25, 0.3) is 0 Å². The predicted octanol–water partition coefficient (Wildman–Crippen LogP) is 5.89. The van der Waals surface area contributed by atoms with Crippen LogP contribution in [0.2, 0.25) is 0 Å². The lowest BCUT2D eigenvalue weighted by Gasteiger charge is -2.44. The minimum Gasteiger partial charge on any atom is -0.375 e. The van der Waals surface area contributed by atoms with E-state index < -0.39 is 5.60 Å². The highest BCUT2D eigenvalue weighted by Crippen LogP contribution is 2.39. The van der Waals surface area contributed by atoms with Gasteiger partial charge < -0.3 is 31.4 Å². The van der Waals surface area contributed by atoms with Gasteiger partial charge >= 0.3 is 0 Å². The number of hydrogen-bond donors (Lipinski definition) is 3. The molecular weight excluding hydrogens is 450 g/mol. The summed E-state index contributed by atoms with van der Waals surface area (Å²) in [5.74, 6) is 0.908. The van der Waals surface area contributed by atoms with E-state index in [1.165, 1.54) is 0 Å². The second-order valence-corrected chi connectivity index (χ2v) is 15.3. The van der Waals surface area contributed by atoms with E-state index in [1.807, 2.05) is 0 Å². The SMILES string of the molecule is CC(COC(C)(C)CC(CC(C)(C)OCC(C)C(C)(C)N)C(C)(C)OCC(C)C(C)(C)N)C(C)(C)N. The van der Waals surface area contributed by atoms with Crippen molar-refractivity contribution in [1.29, 1.82) is 0 Å². The van der Waals surface area contributed by atoms with E-state index in [1.54, 1.807) is 0 Å². The molecule has 0 heterocycles. The summed E-state index contributed by atoms with van der Waals surface area (Å²) in [6.07, 6.45) is 1.67. The van der Waals surface area contributed by atoms with Crippen molar-refractivity contribution in [3.8, 4) is 0 Å². The van der Waals surface area contributed by atoms with Crippen LogP contribution in [0.5, 0.6) is 0 Å². The largest absolute Gasteiger partial charge is 0.375 e. The standard InChI is InChI=1S/C30H65N3O3/c1-21(27(8,9)31)18-34-25(4,5)16-24(30(14,15)36-20-23(3)29(12,13)33)17-26(6,7)35-19-22(2)28(10,11)32/h21-24H,16-20,31-33H2,1-15H3. The zero-order valence-corrected chi connectivity index (χ0v) is 26.8. The summed E-state index contributed by atoms with van der Waals surface area (Å²) in [6, 6.07) is 0. The predicted molar refractivity (Wildman–Crippen MR) is 155 cm³/mol. The number of nitrogens with two attached hydrogens (primary N) is 3. The molecule has 0 aromatic rings. The molecule has 3 atom stereocenters. The fourth-order valence-corrected chi connectivity index (χ4v) is 3.67. The van der Waals surface area contributed by atoms with Crippen LogP contribution in [0.15, 0.2) is 0 Å². The maximum absolute atomic E-state index is 6.60. The number of ether oxygens (including phenoxy) is 3. The van der Waals surface area contributed by atoms with Crippen LogP contribution in [0.4, 0.5) is 0 Å². The Morgan fingerprint density at radius 3 is 0.972 bits per heavy atom. The van der Waals surface area contributed by atoms with E-state index in [0.29, 0.717) is 19.8 Å². The van der Waals surface area contributed by atoms with Gasteiger partial charge in [-0.05, 0) is 120 Å². The van der Waals surface area contributed by atoms with Gasteiger partial charge in [0.2, 0.25) is 0 Å². The van der Waals surface area contributed by atoms with Gasteiger partial charge in [0.15, 0.2) is 0 Å². The number of hydrogen-bond acceptors (Lipinski definition) is 6. The zero-order valence-electron chi connectivity index (χ0n) is 26.8. The van der Waals surface area contributed by atoms with E-state index in [-0.39, 0.29) is 51.5 Å². The van der Waals surface area contributed by atoms with E-state index in [0.717, 1.165) is 12.8 Å². The average Bonchev–Trinajstić information content (AvgIpc) is 2.65. The van der Waals surface area contributed by atoms with Crippen LogP contribution in [-0.2, 0) is 14.2 Å². The molecule has 218 valence electrons. The summed E-state index contributed by atoms with van der Waals surface area (Å²) in [5.41, 5.74) is 17.0. The third-order valence-electron chi connectivity index (χ3n) is 8.42. The second-order valence-electron chi connectivity index (χ2n) is 15.3. The van der Waals surface area contributed by atoms with Crippen LogP contribution in [-0.4, -0.2) is 53.2 Å². The maximum atomic E-state index is 6.60. The van der Waals surface area contributed by atoms with Crippen LogP contribution in [0.3, 0.4) is 0 Å². The van der Waals surface area contributed by atoms with Gasteiger partial charge in [0.1, 0.15) is 0 Å². The molecule has 0 aromatic heterocycles.